The highest BCUT2D eigenvalue weighted by Crippen LogP contribution is 2.28. The Morgan fingerprint density at radius 2 is 1.54 bits per heavy atom. The summed E-state index contributed by atoms with van der Waals surface area (Å²) in [6.45, 7) is 4.96. The van der Waals surface area contributed by atoms with E-state index in [1.807, 2.05) is 26.0 Å². The lowest BCUT2D eigenvalue weighted by molar-refractivity contribution is -0.139. The average Bonchev–Trinajstić information content (AvgIpc) is 2.90. The Morgan fingerprint density at radius 1 is 0.946 bits per heavy atom. The van der Waals surface area contributed by atoms with Gasteiger partial charge in [0.1, 0.15) is 12.6 Å². The van der Waals surface area contributed by atoms with Crippen LogP contribution >= 0.6 is 11.6 Å². The summed E-state index contributed by atoms with van der Waals surface area (Å²) in [5, 5.41) is 3.02. The second-order valence-electron chi connectivity index (χ2n) is 8.71. The standard InChI is InChI=1S/C28H32ClN3O4S/c1-5-22-10-7-9-13-26(22)32(37(35,36)24-16-14-20(2)15-17-24)19-27(33)31(21(3)28(34)30-4)18-23-11-6-8-12-25(23)29/h6-17,21H,5,18-19H2,1-4H3,(H,30,34)/t21-/m0/s1. The molecule has 0 bridgehead atoms. The number of carbonyl (C=O) groups is 2. The van der Waals surface area contributed by atoms with Crippen LogP contribution in [0.5, 0.6) is 0 Å². The molecule has 7 nitrogen and oxygen atoms in total. The van der Waals surface area contributed by atoms with Gasteiger partial charge in [-0.2, -0.15) is 0 Å². The van der Waals surface area contributed by atoms with Crippen LogP contribution in [-0.4, -0.2) is 44.8 Å². The average molecular weight is 542 g/mol. The van der Waals surface area contributed by atoms with Gasteiger partial charge >= 0.3 is 0 Å². The second-order valence-corrected chi connectivity index (χ2v) is 11.0. The molecule has 0 aliphatic carbocycles. The molecule has 0 radical (unpaired) electrons. The lowest BCUT2D eigenvalue weighted by Gasteiger charge is -2.32. The molecule has 0 saturated heterocycles. The van der Waals surface area contributed by atoms with E-state index < -0.39 is 28.5 Å². The van der Waals surface area contributed by atoms with E-state index in [2.05, 4.69) is 5.32 Å². The lowest BCUT2D eigenvalue weighted by Crippen LogP contribution is -2.50. The van der Waals surface area contributed by atoms with Crippen molar-refractivity contribution >= 4 is 39.1 Å². The van der Waals surface area contributed by atoms with Crippen LogP contribution in [0.25, 0.3) is 0 Å². The molecule has 0 spiro atoms. The third-order valence-corrected chi connectivity index (χ3v) is 8.38. The van der Waals surface area contributed by atoms with Gasteiger partial charge in [-0.15, -0.1) is 0 Å². The van der Waals surface area contributed by atoms with Crippen molar-refractivity contribution in [1.82, 2.24) is 10.2 Å². The molecule has 9 heteroatoms. The summed E-state index contributed by atoms with van der Waals surface area (Å²) in [4.78, 5) is 27.8. The van der Waals surface area contributed by atoms with Crippen molar-refractivity contribution in [3.8, 4) is 0 Å². The van der Waals surface area contributed by atoms with Crippen LogP contribution in [0.1, 0.15) is 30.5 Å². The Morgan fingerprint density at radius 3 is 2.14 bits per heavy atom. The van der Waals surface area contributed by atoms with Crippen LogP contribution in [-0.2, 0) is 32.6 Å². The molecule has 37 heavy (non-hydrogen) atoms. The number of nitrogens with zero attached hydrogens (tertiary/aromatic N) is 2. The zero-order valence-electron chi connectivity index (χ0n) is 21.4. The number of sulfonamides is 1. The van der Waals surface area contributed by atoms with Crippen molar-refractivity contribution in [3.05, 3.63) is 94.5 Å². The van der Waals surface area contributed by atoms with E-state index in [-0.39, 0.29) is 17.3 Å². The minimum Gasteiger partial charge on any atom is -0.357 e. The van der Waals surface area contributed by atoms with Crippen LogP contribution in [0.3, 0.4) is 0 Å². The van der Waals surface area contributed by atoms with Gasteiger partial charge < -0.3 is 10.2 Å². The van der Waals surface area contributed by atoms with Gasteiger partial charge in [0.05, 0.1) is 10.6 Å². The largest absolute Gasteiger partial charge is 0.357 e. The number of halogens is 1. The van der Waals surface area contributed by atoms with Crippen molar-refractivity contribution in [1.29, 1.82) is 0 Å². The zero-order chi connectivity index (χ0) is 27.2. The van der Waals surface area contributed by atoms with Gasteiger partial charge in [0.25, 0.3) is 10.0 Å². The molecule has 3 rings (SSSR count). The SMILES string of the molecule is CCc1ccccc1N(CC(=O)N(Cc1ccccc1Cl)[C@@H](C)C(=O)NC)S(=O)(=O)c1ccc(C)cc1. The van der Waals surface area contributed by atoms with E-state index in [1.54, 1.807) is 55.5 Å². The smallest absolute Gasteiger partial charge is 0.264 e. The highest BCUT2D eigenvalue weighted by molar-refractivity contribution is 7.92. The summed E-state index contributed by atoms with van der Waals surface area (Å²) < 4.78 is 28.9. The molecule has 3 aromatic rings. The fraction of sp³-hybridized carbons (Fsp3) is 0.286. The molecule has 3 aromatic carbocycles. The summed E-state index contributed by atoms with van der Waals surface area (Å²) in [5.41, 5.74) is 2.77. The Labute approximate surface area is 224 Å². The maximum absolute atomic E-state index is 13.9. The summed E-state index contributed by atoms with van der Waals surface area (Å²) in [6, 6.07) is 19.8. The van der Waals surface area contributed by atoms with Gasteiger partial charge in [-0.1, -0.05) is 72.6 Å². The minimum atomic E-state index is -4.11. The van der Waals surface area contributed by atoms with E-state index in [1.165, 1.54) is 24.1 Å². The molecular formula is C28H32ClN3O4S. The fourth-order valence-corrected chi connectivity index (χ4v) is 5.65. The van der Waals surface area contributed by atoms with E-state index >= 15 is 0 Å². The molecule has 1 N–H and O–H groups in total. The molecule has 0 aliphatic heterocycles. The topological polar surface area (TPSA) is 86.8 Å². The highest BCUT2D eigenvalue weighted by atomic mass is 35.5. The minimum absolute atomic E-state index is 0.0426. The van der Waals surface area contributed by atoms with Gasteiger partial charge in [-0.25, -0.2) is 8.42 Å². The van der Waals surface area contributed by atoms with Crippen LogP contribution in [0.15, 0.2) is 77.7 Å². The molecule has 0 aliphatic rings. The van der Waals surface area contributed by atoms with Gasteiger partial charge in [-0.3, -0.25) is 13.9 Å². The van der Waals surface area contributed by atoms with E-state index in [0.29, 0.717) is 22.7 Å². The third-order valence-electron chi connectivity index (χ3n) is 6.24. The van der Waals surface area contributed by atoms with Gasteiger partial charge in [0.15, 0.2) is 0 Å². The number of amides is 2. The van der Waals surface area contributed by atoms with E-state index in [4.69, 9.17) is 11.6 Å². The number of rotatable bonds is 10. The van der Waals surface area contributed by atoms with Crippen LogP contribution in [0.4, 0.5) is 5.69 Å². The van der Waals surface area contributed by atoms with Crippen LogP contribution < -0.4 is 9.62 Å². The first-order valence-electron chi connectivity index (χ1n) is 12.0. The third kappa shape index (κ3) is 6.50. The van der Waals surface area contributed by atoms with Crippen molar-refractivity contribution in [2.24, 2.45) is 0 Å². The number of para-hydroxylation sites is 1. The maximum Gasteiger partial charge on any atom is 0.264 e. The summed E-state index contributed by atoms with van der Waals surface area (Å²) in [7, 11) is -2.62. The molecule has 196 valence electrons. The predicted molar refractivity (Wildman–Crippen MR) is 147 cm³/mol. The summed E-state index contributed by atoms with van der Waals surface area (Å²) in [5.74, 6) is -0.903. The molecule has 0 fully saturated rings. The Hall–Kier alpha value is -3.36. The number of nitrogens with one attached hydrogen (secondary N) is 1. The molecule has 0 unspecified atom stereocenters. The first-order valence-corrected chi connectivity index (χ1v) is 13.8. The van der Waals surface area contributed by atoms with E-state index in [0.717, 1.165) is 15.4 Å². The number of hydrogen-bond donors (Lipinski definition) is 1. The quantitative estimate of drug-likeness (QED) is 0.407. The number of carbonyl (C=O) groups excluding carboxylic acids is 2. The fourth-order valence-electron chi connectivity index (χ4n) is 4.01. The number of likely N-dealkylation sites (N-methyl/N-ethyl adjacent to an activating group) is 1. The number of anilines is 1. The molecule has 1 atom stereocenters. The Kier molecular flexibility index (Phi) is 9.34. The summed E-state index contributed by atoms with van der Waals surface area (Å²) in [6.07, 6.45) is 0.572. The van der Waals surface area contributed by atoms with Crippen molar-refractivity contribution in [2.45, 2.75) is 44.7 Å². The molecule has 2 amide bonds. The Bertz CT molecular complexity index is 1360. The molecular weight excluding hydrogens is 510 g/mol. The van der Waals surface area contributed by atoms with Crippen molar-refractivity contribution in [3.63, 3.8) is 0 Å². The van der Waals surface area contributed by atoms with Gasteiger partial charge in [-0.05, 0) is 55.7 Å². The number of aryl methyl sites for hydroxylation is 2. The van der Waals surface area contributed by atoms with Crippen molar-refractivity contribution in [2.75, 3.05) is 17.9 Å². The predicted octanol–water partition coefficient (Wildman–Crippen LogP) is 4.57. The molecule has 0 aromatic heterocycles. The number of benzene rings is 3. The lowest BCUT2D eigenvalue weighted by atomic mass is 10.1. The van der Waals surface area contributed by atoms with Crippen LogP contribution in [0.2, 0.25) is 5.02 Å². The summed E-state index contributed by atoms with van der Waals surface area (Å²) >= 11 is 6.35. The first kappa shape index (κ1) is 28.2. The molecule has 0 heterocycles. The van der Waals surface area contributed by atoms with Crippen LogP contribution in [0, 0.1) is 6.92 Å². The normalized spacial score (nSPS) is 12.0. The van der Waals surface area contributed by atoms with E-state index in [9.17, 15) is 18.0 Å². The van der Waals surface area contributed by atoms with Gasteiger partial charge in [0.2, 0.25) is 11.8 Å². The highest BCUT2D eigenvalue weighted by Gasteiger charge is 2.33. The van der Waals surface area contributed by atoms with Gasteiger partial charge in [0, 0.05) is 18.6 Å². The van der Waals surface area contributed by atoms with Crippen molar-refractivity contribution < 1.29 is 18.0 Å². The second kappa shape index (κ2) is 12.3. The monoisotopic (exact) mass is 541 g/mol. The number of hydrogen-bond acceptors (Lipinski definition) is 4. The maximum atomic E-state index is 13.9. The molecule has 0 saturated carbocycles. The zero-order valence-corrected chi connectivity index (χ0v) is 23.0. The first-order chi connectivity index (χ1) is 17.6. The Balaban J connectivity index is 2.08.